The number of hydrogen-bond acceptors (Lipinski definition) is 7. The number of H-pyrrole nitrogens is 1. The van der Waals surface area contributed by atoms with Gasteiger partial charge in [-0.15, -0.1) is 0 Å². The monoisotopic (exact) mass is 296 g/mol. The second-order valence-electron chi connectivity index (χ2n) is 3.02. The van der Waals surface area contributed by atoms with Crippen LogP contribution in [-0.2, 0) is 10.1 Å². The van der Waals surface area contributed by atoms with E-state index in [1.165, 1.54) is 10.7 Å². The Hall–Kier alpha value is -0.780. The molecule has 2 N–H and O–H groups in total. The second-order valence-corrected chi connectivity index (χ2v) is 4.74. The minimum atomic E-state index is -4.76. The van der Waals surface area contributed by atoms with Crippen LogP contribution in [0.5, 0.6) is 5.75 Å². The molecule has 0 unspecified atom stereocenters. The van der Waals surface area contributed by atoms with E-state index in [4.69, 9.17) is 12.2 Å². The van der Waals surface area contributed by atoms with Gasteiger partial charge in [0.15, 0.2) is 0 Å². The summed E-state index contributed by atoms with van der Waals surface area (Å²) in [6.07, 6.45) is 0. The Morgan fingerprint density at radius 2 is 2.11 bits per heavy atom. The van der Waals surface area contributed by atoms with Crippen molar-refractivity contribution < 1.29 is 47.6 Å². The smallest absolute Gasteiger partial charge is 0.744 e. The van der Waals surface area contributed by atoms with Crippen molar-refractivity contribution in [1.29, 1.82) is 0 Å². The Labute approximate surface area is 129 Å². The molecule has 8 nitrogen and oxygen atoms in total. The largest absolute Gasteiger partial charge is 1.00 e. The molecule has 0 spiro atoms. The summed E-state index contributed by atoms with van der Waals surface area (Å²) in [5, 5.41) is 18.6. The number of aromatic hydroxyl groups is 1. The van der Waals surface area contributed by atoms with Crippen LogP contribution in [0.1, 0.15) is 0 Å². The SMILES string of the molecule is O=S(=O)([O-])c1cc(-n2[nH]nnc2=S)ccc1O.[Na+]. The van der Waals surface area contributed by atoms with Crippen LogP contribution in [0.3, 0.4) is 0 Å². The number of phenols is 1. The number of aromatic nitrogens is 4. The van der Waals surface area contributed by atoms with E-state index >= 15 is 0 Å². The minimum absolute atomic E-state index is 0. The summed E-state index contributed by atoms with van der Waals surface area (Å²) in [6, 6.07) is 3.41. The molecule has 0 radical (unpaired) electrons. The zero-order valence-corrected chi connectivity index (χ0v) is 12.7. The molecule has 0 aliphatic heterocycles. The molecule has 0 bridgehead atoms. The second kappa shape index (κ2) is 5.47. The molecule has 18 heavy (non-hydrogen) atoms. The molecule has 0 amide bonds. The van der Waals surface area contributed by atoms with Crippen molar-refractivity contribution in [3.8, 4) is 11.4 Å². The molecule has 2 rings (SSSR count). The zero-order chi connectivity index (χ0) is 12.6. The zero-order valence-electron chi connectivity index (χ0n) is 9.06. The maximum atomic E-state index is 10.9. The predicted octanol–water partition coefficient (Wildman–Crippen LogP) is -3.06. The summed E-state index contributed by atoms with van der Waals surface area (Å²) in [4.78, 5) is -0.730. The molecule has 11 heteroatoms. The number of aromatic amines is 1. The van der Waals surface area contributed by atoms with Crippen molar-refractivity contribution >= 4 is 22.3 Å². The van der Waals surface area contributed by atoms with Crippen molar-refractivity contribution in [3.63, 3.8) is 0 Å². The van der Waals surface area contributed by atoms with Gasteiger partial charge in [-0.05, 0) is 30.4 Å². The van der Waals surface area contributed by atoms with Crippen molar-refractivity contribution in [1.82, 2.24) is 20.2 Å². The Morgan fingerprint density at radius 3 is 2.61 bits per heavy atom. The molecule has 1 heterocycles. The van der Waals surface area contributed by atoms with Crippen molar-refractivity contribution in [2.45, 2.75) is 4.90 Å². The van der Waals surface area contributed by atoms with Gasteiger partial charge >= 0.3 is 29.6 Å². The first kappa shape index (κ1) is 15.3. The van der Waals surface area contributed by atoms with Crippen LogP contribution in [0.4, 0.5) is 0 Å². The molecule has 0 atom stereocenters. The normalized spacial score (nSPS) is 10.9. The first-order valence-electron chi connectivity index (χ1n) is 4.19. The van der Waals surface area contributed by atoms with Crippen LogP contribution >= 0.6 is 12.2 Å². The van der Waals surface area contributed by atoms with E-state index in [0.717, 1.165) is 12.1 Å². The van der Waals surface area contributed by atoms with Gasteiger partial charge in [0.1, 0.15) is 15.9 Å². The van der Waals surface area contributed by atoms with Crippen LogP contribution in [-0.4, -0.2) is 38.3 Å². The third-order valence-electron chi connectivity index (χ3n) is 1.94. The van der Waals surface area contributed by atoms with Crippen LogP contribution in [0.25, 0.3) is 5.69 Å². The summed E-state index contributed by atoms with van der Waals surface area (Å²) in [6.45, 7) is 0. The minimum Gasteiger partial charge on any atom is -0.744 e. The maximum Gasteiger partial charge on any atom is 1.00 e. The summed E-state index contributed by atoms with van der Waals surface area (Å²) < 4.78 is 33.8. The summed E-state index contributed by atoms with van der Waals surface area (Å²) in [7, 11) is -4.76. The number of rotatable bonds is 2. The fraction of sp³-hybridized carbons (Fsp3) is 0. The van der Waals surface area contributed by atoms with Gasteiger partial charge in [-0.1, -0.05) is 10.3 Å². The molecule has 0 saturated carbocycles. The molecule has 0 saturated heterocycles. The van der Waals surface area contributed by atoms with E-state index in [1.54, 1.807) is 0 Å². The van der Waals surface area contributed by atoms with Gasteiger partial charge in [0.05, 0.1) is 10.6 Å². The van der Waals surface area contributed by atoms with Crippen LogP contribution < -0.4 is 29.6 Å². The van der Waals surface area contributed by atoms with E-state index in [1.807, 2.05) is 0 Å². The van der Waals surface area contributed by atoms with E-state index in [-0.39, 0.29) is 40.0 Å². The molecule has 0 fully saturated rings. The van der Waals surface area contributed by atoms with Gasteiger partial charge in [0.2, 0.25) is 4.77 Å². The van der Waals surface area contributed by atoms with Gasteiger partial charge in [0, 0.05) is 0 Å². The van der Waals surface area contributed by atoms with E-state index < -0.39 is 20.8 Å². The molecule has 90 valence electrons. The van der Waals surface area contributed by atoms with E-state index in [2.05, 4.69) is 15.5 Å². The number of benzene rings is 1. The predicted molar refractivity (Wildman–Crippen MR) is 56.2 cm³/mol. The van der Waals surface area contributed by atoms with Gasteiger partial charge in [0.25, 0.3) is 0 Å². The Kier molecular flexibility index (Phi) is 4.64. The summed E-state index contributed by atoms with van der Waals surface area (Å²) in [5.41, 5.74) is 0.229. The first-order chi connectivity index (χ1) is 7.89. The van der Waals surface area contributed by atoms with Crippen molar-refractivity contribution in [2.75, 3.05) is 0 Å². The fourth-order valence-corrected chi connectivity index (χ4v) is 1.98. The average molecular weight is 296 g/mol. The maximum absolute atomic E-state index is 10.9. The number of nitrogens with zero attached hydrogens (tertiary/aromatic N) is 3. The van der Waals surface area contributed by atoms with Crippen LogP contribution in [0.15, 0.2) is 23.1 Å². The molecule has 0 aliphatic carbocycles. The van der Waals surface area contributed by atoms with E-state index in [0.29, 0.717) is 0 Å². The fourth-order valence-electron chi connectivity index (χ4n) is 1.21. The first-order valence-corrected chi connectivity index (χ1v) is 6.00. The molecule has 1 aromatic heterocycles. The van der Waals surface area contributed by atoms with Crippen molar-refractivity contribution in [3.05, 3.63) is 23.0 Å². The number of phenolic OH excluding ortho intramolecular Hbond substituents is 1. The molecular formula is C7H5N4NaO4S2. The number of hydrogen-bond donors (Lipinski definition) is 2. The van der Waals surface area contributed by atoms with Gasteiger partial charge in [-0.2, -0.15) is 5.21 Å². The van der Waals surface area contributed by atoms with Gasteiger partial charge in [-0.25, -0.2) is 13.1 Å². The average Bonchev–Trinajstić information content (AvgIpc) is 2.63. The van der Waals surface area contributed by atoms with E-state index in [9.17, 15) is 18.1 Å². The quantitative estimate of drug-likeness (QED) is 0.342. The molecular weight excluding hydrogens is 291 g/mol. The Morgan fingerprint density at radius 1 is 1.44 bits per heavy atom. The number of tetrazole rings is 1. The van der Waals surface area contributed by atoms with Crippen LogP contribution in [0.2, 0.25) is 0 Å². The third kappa shape index (κ3) is 2.96. The van der Waals surface area contributed by atoms with Crippen molar-refractivity contribution in [2.24, 2.45) is 0 Å². The van der Waals surface area contributed by atoms with Crippen LogP contribution in [0, 0.1) is 4.77 Å². The van der Waals surface area contributed by atoms with Gasteiger partial charge < -0.3 is 9.66 Å². The standard InChI is InChI=1S/C7H6N4O4S2.Na/c12-5-2-1-4(3-6(5)17(13,14)15)11-7(16)8-9-10-11;/h1-3,12H,(H,8,10,16)(H,13,14,15);/q;+1/p-1. The third-order valence-corrected chi connectivity index (χ3v) is 3.07. The summed E-state index contributed by atoms with van der Waals surface area (Å²) in [5.74, 6) is -0.622. The molecule has 2 aromatic rings. The molecule has 1 aromatic carbocycles. The topological polar surface area (TPSA) is 124 Å². The summed E-state index contributed by atoms with van der Waals surface area (Å²) >= 11 is 4.80. The number of nitrogens with one attached hydrogen (secondary N) is 1. The molecule has 0 aliphatic rings. The Balaban J connectivity index is 0.00000162. The van der Waals surface area contributed by atoms with Gasteiger partial charge in [-0.3, -0.25) is 0 Å². The Bertz CT molecular complexity index is 723.